The Labute approximate surface area is 118 Å². The van der Waals surface area contributed by atoms with Crippen LogP contribution in [0.1, 0.15) is 19.8 Å². The van der Waals surface area contributed by atoms with Gasteiger partial charge in [0.1, 0.15) is 11.4 Å². The largest absolute Gasteiger partial charge is 0.464 e. The second-order valence-electron chi connectivity index (χ2n) is 5.28. The quantitative estimate of drug-likeness (QED) is 0.859. The van der Waals surface area contributed by atoms with E-state index in [1.807, 2.05) is 7.05 Å². The molecular weight excluding hydrogens is 259 g/mol. The van der Waals surface area contributed by atoms with Gasteiger partial charge < -0.3 is 15.0 Å². The Hall–Kier alpha value is -1.62. The number of hydrogen-bond acceptors (Lipinski definition) is 4. The molecule has 0 saturated carbocycles. The van der Waals surface area contributed by atoms with Crippen LogP contribution >= 0.6 is 0 Å². The third kappa shape index (κ3) is 3.28. The van der Waals surface area contributed by atoms with Crippen molar-refractivity contribution in [2.45, 2.75) is 25.3 Å². The second kappa shape index (κ2) is 6.22. The van der Waals surface area contributed by atoms with Crippen LogP contribution in [-0.4, -0.2) is 43.2 Å². The molecule has 2 rings (SSSR count). The molecule has 0 aromatic heterocycles. The molecule has 1 aliphatic heterocycles. The van der Waals surface area contributed by atoms with Crippen LogP contribution in [0.3, 0.4) is 0 Å². The number of benzene rings is 1. The number of anilines is 1. The van der Waals surface area contributed by atoms with Crippen LogP contribution in [0.15, 0.2) is 24.3 Å². The van der Waals surface area contributed by atoms with E-state index in [0.29, 0.717) is 25.3 Å². The lowest BCUT2D eigenvalue weighted by Crippen LogP contribution is -2.57. The van der Waals surface area contributed by atoms with Gasteiger partial charge in [0.15, 0.2) is 0 Å². The van der Waals surface area contributed by atoms with Gasteiger partial charge >= 0.3 is 5.97 Å². The standard InChI is InChI=1S/C15H21FN2O2/c1-3-20-14(19)15(8-5-9-18(2)11-15)17-13-7-4-6-12(16)10-13/h4,6-7,10,17H,3,5,8-9,11H2,1-2H3. The first-order valence-electron chi connectivity index (χ1n) is 6.95. The molecule has 5 heteroatoms. The van der Waals surface area contributed by atoms with E-state index in [1.54, 1.807) is 19.1 Å². The third-order valence-electron chi connectivity index (χ3n) is 3.56. The van der Waals surface area contributed by atoms with Gasteiger partial charge in [-0.05, 0) is 51.6 Å². The monoisotopic (exact) mass is 280 g/mol. The highest BCUT2D eigenvalue weighted by molar-refractivity contribution is 5.85. The first-order chi connectivity index (χ1) is 9.55. The SMILES string of the molecule is CCOC(=O)C1(Nc2cccc(F)c2)CCCN(C)C1. The van der Waals surface area contributed by atoms with Crippen LogP contribution in [0, 0.1) is 5.82 Å². The molecule has 0 radical (unpaired) electrons. The summed E-state index contributed by atoms with van der Waals surface area (Å²) < 4.78 is 18.5. The van der Waals surface area contributed by atoms with Crippen molar-refractivity contribution in [1.29, 1.82) is 0 Å². The molecule has 1 aliphatic rings. The van der Waals surface area contributed by atoms with Gasteiger partial charge in [-0.1, -0.05) is 6.07 Å². The molecule has 1 saturated heterocycles. The Balaban J connectivity index is 2.24. The van der Waals surface area contributed by atoms with E-state index in [1.165, 1.54) is 12.1 Å². The minimum absolute atomic E-state index is 0.268. The van der Waals surface area contributed by atoms with Gasteiger partial charge in [-0.25, -0.2) is 9.18 Å². The molecule has 0 aliphatic carbocycles. The lowest BCUT2D eigenvalue weighted by molar-refractivity contribution is -0.150. The highest BCUT2D eigenvalue weighted by Gasteiger charge is 2.42. The van der Waals surface area contributed by atoms with Gasteiger partial charge in [0, 0.05) is 12.2 Å². The van der Waals surface area contributed by atoms with Crippen LogP contribution in [0.5, 0.6) is 0 Å². The average molecular weight is 280 g/mol. The predicted molar refractivity (Wildman–Crippen MR) is 76.1 cm³/mol. The Kier molecular flexibility index (Phi) is 4.60. The Morgan fingerprint density at radius 1 is 1.55 bits per heavy atom. The molecule has 1 fully saturated rings. The molecule has 0 bridgehead atoms. The number of esters is 1. The summed E-state index contributed by atoms with van der Waals surface area (Å²) >= 11 is 0. The van der Waals surface area contributed by atoms with Gasteiger partial charge in [-0.15, -0.1) is 0 Å². The van der Waals surface area contributed by atoms with Gasteiger partial charge in [-0.3, -0.25) is 0 Å². The van der Waals surface area contributed by atoms with Gasteiger partial charge in [0.05, 0.1) is 6.61 Å². The number of likely N-dealkylation sites (N-methyl/N-ethyl adjacent to an activating group) is 1. The van der Waals surface area contributed by atoms with Crippen molar-refractivity contribution in [1.82, 2.24) is 4.90 Å². The van der Waals surface area contributed by atoms with E-state index in [2.05, 4.69) is 10.2 Å². The number of nitrogens with zero attached hydrogens (tertiary/aromatic N) is 1. The summed E-state index contributed by atoms with van der Waals surface area (Å²) in [5, 5.41) is 3.19. The van der Waals surface area contributed by atoms with Crippen molar-refractivity contribution in [3.63, 3.8) is 0 Å². The van der Waals surface area contributed by atoms with E-state index in [0.717, 1.165) is 13.0 Å². The van der Waals surface area contributed by atoms with E-state index < -0.39 is 5.54 Å². The van der Waals surface area contributed by atoms with Crippen LogP contribution in [0.2, 0.25) is 0 Å². The van der Waals surface area contributed by atoms with Gasteiger partial charge in [-0.2, -0.15) is 0 Å². The Bertz CT molecular complexity index is 481. The number of carbonyl (C=O) groups excluding carboxylic acids is 1. The van der Waals surface area contributed by atoms with Crippen molar-refractivity contribution < 1.29 is 13.9 Å². The van der Waals surface area contributed by atoms with Crippen molar-refractivity contribution in [3.8, 4) is 0 Å². The minimum atomic E-state index is -0.795. The fourth-order valence-corrected chi connectivity index (χ4v) is 2.70. The summed E-state index contributed by atoms with van der Waals surface area (Å²) in [6.07, 6.45) is 1.59. The van der Waals surface area contributed by atoms with E-state index >= 15 is 0 Å². The first-order valence-corrected chi connectivity index (χ1v) is 6.95. The Morgan fingerprint density at radius 2 is 2.35 bits per heavy atom. The fraction of sp³-hybridized carbons (Fsp3) is 0.533. The number of rotatable bonds is 4. The summed E-state index contributed by atoms with van der Waals surface area (Å²) in [5.41, 5.74) is -0.190. The first kappa shape index (κ1) is 14.8. The minimum Gasteiger partial charge on any atom is -0.464 e. The zero-order chi connectivity index (χ0) is 14.6. The topological polar surface area (TPSA) is 41.6 Å². The van der Waals surface area contributed by atoms with E-state index in [4.69, 9.17) is 4.74 Å². The van der Waals surface area contributed by atoms with Crippen LogP contribution in [0.4, 0.5) is 10.1 Å². The fourth-order valence-electron chi connectivity index (χ4n) is 2.70. The van der Waals surface area contributed by atoms with Crippen molar-refractivity contribution in [2.24, 2.45) is 0 Å². The molecule has 1 aromatic carbocycles. The van der Waals surface area contributed by atoms with Gasteiger partial charge in [0.25, 0.3) is 0 Å². The highest BCUT2D eigenvalue weighted by atomic mass is 19.1. The molecule has 1 aromatic rings. The Morgan fingerprint density at radius 3 is 3.00 bits per heavy atom. The molecule has 0 amide bonds. The number of nitrogens with one attached hydrogen (secondary N) is 1. The molecular formula is C15H21FN2O2. The van der Waals surface area contributed by atoms with E-state index in [9.17, 15) is 9.18 Å². The number of piperidine rings is 1. The third-order valence-corrected chi connectivity index (χ3v) is 3.56. The number of halogens is 1. The maximum atomic E-state index is 13.3. The summed E-state index contributed by atoms with van der Waals surface area (Å²) in [4.78, 5) is 14.4. The summed E-state index contributed by atoms with van der Waals surface area (Å²) in [5.74, 6) is -0.589. The summed E-state index contributed by atoms with van der Waals surface area (Å²) in [7, 11) is 1.97. The molecule has 4 nitrogen and oxygen atoms in total. The maximum absolute atomic E-state index is 13.3. The number of carbonyl (C=O) groups is 1. The number of likely N-dealkylation sites (tertiary alicyclic amines) is 1. The molecule has 1 heterocycles. The molecule has 1 N–H and O–H groups in total. The maximum Gasteiger partial charge on any atom is 0.333 e. The summed E-state index contributed by atoms with van der Waals surface area (Å²) in [6.45, 7) is 3.64. The predicted octanol–water partition coefficient (Wildman–Crippen LogP) is 2.27. The second-order valence-corrected chi connectivity index (χ2v) is 5.28. The number of ether oxygens (including phenoxy) is 1. The lowest BCUT2D eigenvalue weighted by Gasteiger charge is -2.40. The smallest absolute Gasteiger partial charge is 0.333 e. The normalized spacial score (nSPS) is 23.4. The van der Waals surface area contributed by atoms with Crippen LogP contribution in [0.25, 0.3) is 0 Å². The number of hydrogen-bond donors (Lipinski definition) is 1. The summed E-state index contributed by atoms with van der Waals surface area (Å²) in [6, 6.07) is 6.17. The highest BCUT2D eigenvalue weighted by Crippen LogP contribution is 2.27. The molecule has 1 unspecified atom stereocenters. The molecule has 20 heavy (non-hydrogen) atoms. The van der Waals surface area contributed by atoms with Gasteiger partial charge in [0.2, 0.25) is 0 Å². The van der Waals surface area contributed by atoms with Crippen molar-refractivity contribution >= 4 is 11.7 Å². The zero-order valence-electron chi connectivity index (χ0n) is 12.0. The van der Waals surface area contributed by atoms with E-state index in [-0.39, 0.29) is 11.8 Å². The van der Waals surface area contributed by atoms with Crippen molar-refractivity contribution in [3.05, 3.63) is 30.1 Å². The zero-order valence-corrected chi connectivity index (χ0v) is 12.0. The molecule has 1 atom stereocenters. The lowest BCUT2D eigenvalue weighted by atomic mass is 9.88. The van der Waals surface area contributed by atoms with Crippen LogP contribution < -0.4 is 5.32 Å². The average Bonchev–Trinajstić information content (AvgIpc) is 2.39. The van der Waals surface area contributed by atoms with Crippen LogP contribution in [-0.2, 0) is 9.53 Å². The van der Waals surface area contributed by atoms with Crippen molar-refractivity contribution in [2.75, 3.05) is 32.1 Å². The molecule has 0 spiro atoms. The molecule has 110 valence electrons.